The Morgan fingerprint density at radius 3 is 2.84 bits per heavy atom. The first-order valence-electron chi connectivity index (χ1n) is 8.44. The van der Waals surface area contributed by atoms with Crippen molar-refractivity contribution in [1.29, 1.82) is 0 Å². The van der Waals surface area contributed by atoms with Crippen molar-refractivity contribution in [3.63, 3.8) is 0 Å². The Labute approximate surface area is 145 Å². The second kappa shape index (κ2) is 7.46. The molecule has 1 unspecified atom stereocenters. The molecule has 7 nitrogen and oxygen atoms in total. The van der Waals surface area contributed by atoms with Crippen molar-refractivity contribution >= 4 is 22.8 Å². The molecule has 0 saturated carbocycles. The van der Waals surface area contributed by atoms with E-state index < -0.39 is 6.04 Å². The van der Waals surface area contributed by atoms with Gasteiger partial charge in [0.1, 0.15) is 12.6 Å². The maximum absolute atomic E-state index is 12.9. The van der Waals surface area contributed by atoms with Crippen LogP contribution in [0.5, 0.6) is 0 Å². The number of hydrogen-bond acceptors (Lipinski definition) is 5. The second-order valence-electron chi connectivity index (χ2n) is 6.16. The Morgan fingerprint density at radius 2 is 2.04 bits per heavy atom. The molecule has 0 bridgehead atoms. The van der Waals surface area contributed by atoms with Gasteiger partial charge in [-0.1, -0.05) is 25.0 Å². The van der Waals surface area contributed by atoms with E-state index in [2.05, 4.69) is 5.10 Å². The van der Waals surface area contributed by atoms with Crippen molar-refractivity contribution in [2.24, 2.45) is 0 Å². The molecule has 3 rings (SSSR count). The summed E-state index contributed by atoms with van der Waals surface area (Å²) in [5.74, 6) is -0.577. The monoisotopic (exact) mass is 343 g/mol. The maximum atomic E-state index is 12.9. The zero-order valence-corrected chi connectivity index (χ0v) is 14.2. The third kappa shape index (κ3) is 3.55. The lowest BCUT2D eigenvalue weighted by atomic mass is 10.1. The SMILES string of the molecule is COC(=O)C1CCCCCN1C(=O)Cn1ncc(=O)c2ccccc21. The second-order valence-corrected chi connectivity index (χ2v) is 6.16. The summed E-state index contributed by atoms with van der Waals surface area (Å²) in [6, 6.07) is 6.50. The van der Waals surface area contributed by atoms with Crippen molar-refractivity contribution < 1.29 is 14.3 Å². The van der Waals surface area contributed by atoms with Gasteiger partial charge in [-0.15, -0.1) is 0 Å². The van der Waals surface area contributed by atoms with Crippen LogP contribution in [-0.2, 0) is 20.9 Å². The van der Waals surface area contributed by atoms with Gasteiger partial charge in [0, 0.05) is 11.9 Å². The van der Waals surface area contributed by atoms with Gasteiger partial charge in [-0.3, -0.25) is 14.3 Å². The number of aromatic nitrogens is 2. The normalized spacial score (nSPS) is 18.0. The van der Waals surface area contributed by atoms with Gasteiger partial charge in [0.05, 0.1) is 18.8 Å². The van der Waals surface area contributed by atoms with Gasteiger partial charge in [0.25, 0.3) is 0 Å². The molecule has 0 spiro atoms. The first-order valence-corrected chi connectivity index (χ1v) is 8.44. The van der Waals surface area contributed by atoms with Gasteiger partial charge in [-0.2, -0.15) is 5.10 Å². The fraction of sp³-hybridized carbons (Fsp3) is 0.444. The number of methoxy groups -OCH3 is 1. The van der Waals surface area contributed by atoms with Crippen LogP contribution in [0.25, 0.3) is 10.9 Å². The predicted octanol–water partition coefficient (Wildman–Crippen LogP) is 1.34. The molecular weight excluding hydrogens is 322 g/mol. The molecule has 1 amide bonds. The standard InChI is InChI=1S/C18H21N3O4/c1-25-18(24)15-9-3-2-6-10-20(15)17(23)12-21-14-8-5-4-7-13(14)16(22)11-19-21/h4-5,7-8,11,15H,2-3,6,9-10,12H2,1H3. The Balaban J connectivity index is 1.89. The number of nitrogens with zero attached hydrogens (tertiary/aromatic N) is 3. The minimum atomic E-state index is -0.550. The van der Waals surface area contributed by atoms with Crippen LogP contribution in [0, 0.1) is 0 Å². The molecule has 1 aromatic carbocycles. The molecule has 1 aliphatic heterocycles. The van der Waals surface area contributed by atoms with E-state index in [0.717, 1.165) is 19.3 Å². The number of likely N-dealkylation sites (tertiary alicyclic amines) is 1. The molecule has 1 atom stereocenters. The van der Waals surface area contributed by atoms with Gasteiger partial charge in [-0.25, -0.2) is 4.79 Å². The molecule has 1 saturated heterocycles. The highest BCUT2D eigenvalue weighted by atomic mass is 16.5. The van der Waals surface area contributed by atoms with Crippen LogP contribution in [0.1, 0.15) is 25.7 Å². The Kier molecular flexibility index (Phi) is 5.11. The topological polar surface area (TPSA) is 81.5 Å². The molecule has 0 N–H and O–H groups in total. The van der Waals surface area contributed by atoms with E-state index in [1.807, 2.05) is 0 Å². The molecule has 7 heteroatoms. The molecule has 1 aliphatic rings. The highest BCUT2D eigenvalue weighted by Gasteiger charge is 2.31. The Bertz CT molecular complexity index is 846. The lowest BCUT2D eigenvalue weighted by Gasteiger charge is -2.28. The van der Waals surface area contributed by atoms with E-state index in [-0.39, 0.29) is 23.9 Å². The van der Waals surface area contributed by atoms with E-state index in [0.29, 0.717) is 23.9 Å². The maximum Gasteiger partial charge on any atom is 0.328 e. The van der Waals surface area contributed by atoms with Crippen molar-refractivity contribution in [3.8, 4) is 0 Å². The summed E-state index contributed by atoms with van der Waals surface area (Å²) in [5.41, 5.74) is 0.425. The fourth-order valence-corrected chi connectivity index (χ4v) is 3.29. The fourth-order valence-electron chi connectivity index (χ4n) is 3.29. The van der Waals surface area contributed by atoms with E-state index in [4.69, 9.17) is 4.74 Å². The van der Waals surface area contributed by atoms with Crippen LogP contribution in [-0.4, -0.2) is 46.3 Å². The third-order valence-electron chi connectivity index (χ3n) is 4.59. The van der Waals surface area contributed by atoms with Gasteiger partial charge in [-0.05, 0) is 25.0 Å². The smallest absolute Gasteiger partial charge is 0.328 e. The van der Waals surface area contributed by atoms with Crippen LogP contribution in [0.4, 0.5) is 0 Å². The van der Waals surface area contributed by atoms with E-state index in [1.165, 1.54) is 18.0 Å². The molecule has 0 aliphatic carbocycles. The summed E-state index contributed by atoms with van der Waals surface area (Å²) in [5, 5.41) is 4.61. The van der Waals surface area contributed by atoms with E-state index in [1.54, 1.807) is 29.2 Å². The van der Waals surface area contributed by atoms with Gasteiger partial charge in [0.2, 0.25) is 11.3 Å². The summed E-state index contributed by atoms with van der Waals surface area (Å²) in [4.78, 5) is 38.4. The van der Waals surface area contributed by atoms with Crippen LogP contribution in [0.3, 0.4) is 0 Å². The molecule has 132 valence electrons. The molecule has 25 heavy (non-hydrogen) atoms. The summed E-state index contributed by atoms with van der Waals surface area (Å²) in [6.07, 6.45) is 4.56. The summed E-state index contributed by atoms with van der Waals surface area (Å²) in [7, 11) is 1.34. The average molecular weight is 343 g/mol. The number of esters is 1. The lowest BCUT2D eigenvalue weighted by Crippen LogP contribution is -2.46. The third-order valence-corrected chi connectivity index (χ3v) is 4.59. The number of carbonyl (C=O) groups excluding carboxylic acids is 2. The average Bonchev–Trinajstić information content (AvgIpc) is 2.89. The summed E-state index contributed by atoms with van der Waals surface area (Å²) >= 11 is 0. The number of carbonyl (C=O) groups is 2. The number of amides is 1. The lowest BCUT2D eigenvalue weighted by molar-refractivity contribution is -0.153. The number of fused-ring (bicyclic) bond motifs is 1. The minimum Gasteiger partial charge on any atom is -0.467 e. The zero-order chi connectivity index (χ0) is 17.8. The van der Waals surface area contributed by atoms with Crippen LogP contribution in [0.15, 0.2) is 35.3 Å². The van der Waals surface area contributed by atoms with Crippen molar-refractivity contribution in [3.05, 3.63) is 40.7 Å². The van der Waals surface area contributed by atoms with Crippen LogP contribution >= 0.6 is 0 Å². The quantitative estimate of drug-likeness (QED) is 0.786. The first kappa shape index (κ1) is 17.1. The number of para-hydroxylation sites is 1. The largest absolute Gasteiger partial charge is 0.467 e. The van der Waals surface area contributed by atoms with Gasteiger partial charge < -0.3 is 9.64 Å². The number of benzene rings is 1. The molecule has 1 aromatic heterocycles. The van der Waals surface area contributed by atoms with E-state index in [9.17, 15) is 14.4 Å². The van der Waals surface area contributed by atoms with Crippen LogP contribution in [0.2, 0.25) is 0 Å². The molecule has 0 radical (unpaired) electrons. The Morgan fingerprint density at radius 1 is 1.24 bits per heavy atom. The summed E-state index contributed by atoms with van der Waals surface area (Å²) in [6.45, 7) is 0.505. The Hall–Kier alpha value is -2.70. The van der Waals surface area contributed by atoms with Crippen LogP contribution < -0.4 is 5.43 Å². The predicted molar refractivity (Wildman–Crippen MR) is 92.0 cm³/mol. The highest BCUT2D eigenvalue weighted by molar-refractivity contribution is 5.86. The van der Waals surface area contributed by atoms with E-state index >= 15 is 0 Å². The van der Waals surface area contributed by atoms with Crippen molar-refractivity contribution in [2.45, 2.75) is 38.3 Å². The van der Waals surface area contributed by atoms with Crippen molar-refractivity contribution in [1.82, 2.24) is 14.7 Å². The van der Waals surface area contributed by atoms with Gasteiger partial charge in [0.15, 0.2) is 0 Å². The van der Waals surface area contributed by atoms with Gasteiger partial charge >= 0.3 is 5.97 Å². The molecule has 2 heterocycles. The minimum absolute atomic E-state index is 0.0196. The number of rotatable bonds is 3. The number of ether oxygens (including phenoxy) is 1. The summed E-state index contributed by atoms with van der Waals surface area (Å²) < 4.78 is 6.38. The zero-order valence-electron chi connectivity index (χ0n) is 14.2. The van der Waals surface area contributed by atoms with Crippen molar-refractivity contribution in [2.75, 3.05) is 13.7 Å². The number of hydrogen-bond donors (Lipinski definition) is 0. The molecule has 2 aromatic rings. The molecule has 1 fully saturated rings. The highest BCUT2D eigenvalue weighted by Crippen LogP contribution is 2.19. The first-order chi connectivity index (χ1) is 12.1. The molecular formula is C18H21N3O4.